The lowest BCUT2D eigenvalue weighted by molar-refractivity contribution is -0.147. The summed E-state index contributed by atoms with van der Waals surface area (Å²) in [6, 6.07) is 16.8. The number of unbranched alkanes of at least 4 members (excludes halogenated alkanes) is 2. The molecule has 0 bridgehead atoms. The van der Waals surface area contributed by atoms with Crippen LogP contribution in [0.1, 0.15) is 30.4 Å². The first-order valence-electron chi connectivity index (χ1n) is 10.9. The van der Waals surface area contributed by atoms with Crippen molar-refractivity contribution < 1.29 is 14.6 Å². The van der Waals surface area contributed by atoms with E-state index in [2.05, 4.69) is 57.6 Å². The van der Waals surface area contributed by atoms with Crippen molar-refractivity contribution in [1.82, 2.24) is 15.1 Å². The minimum absolute atomic E-state index is 0.238. The molecule has 2 heterocycles. The Morgan fingerprint density at radius 2 is 1.94 bits per heavy atom. The van der Waals surface area contributed by atoms with Crippen LogP contribution in [0.4, 0.5) is 0 Å². The van der Waals surface area contributed by atoms with Crippen molar-refractivity contribution in [1.29, 1.82) is 0 Å². The Hall–Kier alpha value is -3.12. The van der Waals surface area contributed by atoms with E-state index in [9.17, 15) is 4.79 Å². The van der Waals surface area contributed by atoms with Crippen LogP contribution in [0.2, 0.25) is 0 Å². The maximum Gasteiger partial charge on any atom is 0.309 e. The predicted octanol–water partition coefficient (Wildman–Crippen LogP) is 4.38. The number of hydrogen-bond donors (Lipinski definition) is 2. The van der Waals surface area contributed by atoms with Crippen molar-refractivity contribution in [2.24, 2.45) is 5.92 Å². The number of aromatic amines is 1. The lowest BCUT2D eigenvalue weighted by Gasteiger charge is -2.36. The van der Waals surface area contributed by atoms with Crippen LogP contribution in [0.25, 0.3) is 11.1 Å². The summed E-state index contributed by atoms with van der Waals surface area (Å²) in [5, 5.41) is 16.0. The van der Waals surface area contributed by atoms with Crippen LogP contribution in [-0.4, -0.2) is 45.9 Å². The summed E-state index contributed by atoms with van der Waals surface area (Å²) in [6.07, 6.45) is 8.09. The molecule has 1 aromatic heterocycles. The van der Waals surface area contributed by atoms with Gasteiger partial charge in [0.2, 0.25) is 0 Å². The number of likely N-dealkylation sites (tertiary alicyclic amines) is 1. The van der Waals surface area contributed by atoms with Crippen molar-refractivity contribution in [3.8, 4) is 16.9 Å². The van der Waals surface area contributed by atoms with Crippen molar-refractivity contribution in [2.45, 2.75) is 32.2 Å². The molecule has 4 rings (SSSR count). The minimum Gasteiger partial charge on any atom is -0.493 e. The average Bonchev–Trinajstić information content (AvgIpc) is 3.28. The molecule has 1 fully saturated rings. The summed E-state index contributed by atoms with van der Waals surface area (Å²) in [5.41, 5.74) is 4.55. The second kappa shape index (κ2) is 10.3. The van der Waals surface area contributed by atoms with E-state index in [-0.39, 0.29) is 5.92 Å². The second-order valence-electron chi connectivity index (χ2n) is 8.19. The van der Waals surface area contributed by atoms with E-state index in [1.54, 1.807) is 6.20 Å². The molecule has 0 spiro atoms. The van der Waals surface area contributed by atoms with Crippen molar-refractivity contribution >= 4 is 5.97 Å². The van der Waals surface area contributed by atoms with Gasteiger partial charge in [-0.3, -0.25) is 14.8 Å². The smallest absolute Gasteiger partial charge is 0.309 e. The van der Waals surface area contributed by atoms with Gasteiger partial charge in [-0.2, -0.15) is 5.10 Å². The monoisotopic (exact) mass is 419 g/mol. The largest absolute Gasteiger partial charge is 0.493 e. The van der Waals surface area contributed by atoms with Gasteiger partial charge in [-0.15, -0.1) is 0 Å². The molecule has 1 aliphatic rings. The van der Waals surface area contributed by atoms with Crippen molar-refractivity contribution in [3.05, 3.63) is 72.1 Å². The fraction of sp³-hybridized carbons (Fsp3) is 0.360. The van der Waals surface area contributed by atoms with Gasteiger partial charge >= 0.3 is 5.97 Å². The SMILES string of the molecule is O=C(O)C1CN(Cc2ccc(OCCCCCc3ccccc3)c(-c3cn[nH]c3)c2)C1. The highest BCUT2D eigenvalue weighted by molar-refractivity contribution is 5.72. The first-order valence-corrected chi connectivity index (χ1v) is 10.9. The summed E-state index contributed by atoms with van der Waals surface area (Å²) in [6.45, 7) is 2.65. The highest BCUT2D eigenvalue weighted by Gasteiger charge is 2.32. The van der Waals surface area contributed by atoms with Crippen LogP contribution in [0.15, 0.2) is 60.9 Å². The Morgan fingerprint density at radius 3 is 2.68 bits per heavy atom. The number of aliphatic carboxylic acids is 1. The molecule has 0 aliphatic carbocycles. The Labute approximate surface area is 182 Å². The van der Waals surface area contributed by atoms with Crippen LogP contribution in [-0.2, 0) is 17.8 Å². The van der Waals surface area contributed by atoms with Crippen molar-refractivity contribution in [3.63, 3.8) is 0 Å². The van der Waals surface area contributed by atoms with Crippen LogP contribution in [0, 0.1) is 5.92 Å². The zero-order chi connectivity index (χ0) is 21.5. The third-order valence-corrected chi connectivity index (χ3v) is 5.78. The van der Waals surface area contributed by atoms with E-state index < -0.39 is 5.97 Å². The van der Waals surface area contributed by atoms with Crippen LogP contribution in [0.5, 0.6) is 5.75 Å². The minimum atomic E-state index is -0.706. The molecule has 6 nitrogen and oxygen atoms in total. The summed E-state index contributed by atoms with van der Waals surface area (Å²) in [4.78, 5) is 13.2. The fourth-order valence-electron chi connectivity index (χ4n) is 3.97. The molecule has 0 unspecified atom stereocenters. The molecule has 31 heavy (non-hydrogen) atoms. The van der Waals surface area contributed by atoms with E-state index in [4.69, 9.17) is 9.84 Å². The number of ether oxygens (including phenoxy) is 1. The first-order chi connectivity index (χ1) is 15.2. The Bertz CT molecular complexity index is 967. The van der Waals surface area contributed by atoms with E-state index in [1.165, 1.54) is 5.56 Å². The van der Waals surface area contributed by atoms with Crippen LogP contribution < -0.4 is 4.74 Å². The Balaban J connectivity index is 1.30. The fourth-order valence-corrected chi connectivity index (χ4v) is 3.97. The summed E-state index contributed by atoms with van der Waals surface area (Å²) in [5.74, 6) is -0.0825. The molecule has 2 N–H and O–H groups in total. The van der Waals surface area contributed by atoms with Gasteiger partial charge in [-0.25, -0.2) is 0 Å². The van der Waals surface area contributed by atoms with E-state index in [0.29, 0.717) is 19.7 Å². The van der Waals surface area contributed by atoms with Gasteiger partial charge in [0.05, 0.1) is 18.7 Å². The van der Waals surface area contributed by atoms with Gasteiger partial charge in [0.1, 0.15) is 5.75 Å². The van der Waals surface area contributed by atoms with E-state index >= 15 is 0 Å². The lowest BCUT2D eigenvalue weighted by Crippen LogP contribution is -2.49. The molecular formula is C25H29N3O3. The number of carboxylic acid groups (broad SMARTS) is 1. The van der Waals surface area contributed by atoms with E-state index in [0.717, 1.165) is 54.7 Å². The molecule has 6 heteroatoms. The van der Waals surface area contributed by atoms with Crippen LogP contribution in [0.3, 0.4) is 0 Å². The lowest BCUT2D eigenvalue weighted by atomic mass is 9.98. The topological polar surface area (TPSA) is 78.4 Å². The number of nitrogens with zero attached hydrogens (tertiary/aromatic N) is 2. The predicted molar refractivity (Wildman–Crippen MR) is 120 cm³/mol. The third kappa shape index (κ3) is 5.73. The maximum atomic E-state index is 11.0. The number of carbonyl (C=O) groups is 1. The number of benzene rings is 2. The van der Waals surface area contributed by atoms with Gasteiger partial charge in [-0.05, 0) is 48.9 Å². The number of carboxylic acids is 1. The first kappa shape index (κ1) is 21.1. The quantitative estimate of drug-likeness (QED) is 0.451. The highest BCUT2D eigenvalue weighted by atomic mass is 16.5. The van der Waals surface area contributed by atoms with Gasteiger partial charge in [0.25, 0.3) is 0 Å². The summed E-state index contributed by atoms with van der Waals surface area (Å²) in [7, 11) is 0. The molecular weight excluding hydrogens is 390 g/mol. The van der Waals surface area contributed by atoms with Crippen LogP contribution >= 0.6 is 0 Å². The molecule has 162 valence electrons. The molecule has 0 saturated carbocycles. The number of aromatic nitrogens is 2. The number of nitrogens with one attached hydrogen (secondary N) is 1. The zero-order valence-corrected chi connectivity index (χ0v) is 17.7. The molecule has 3 aromatic rings. The summed E-state index contributed by atoms with van der Waals surface area (Å²) >= 11 is 0. The normalized spacial score (nSPS) is 14.3. The van der Waals surface area contributed by atoms with Crippen molar-refractivity contribution in [2.75, 3.05) is 19.7 Å². The molecule has 2 aromatic carbocycles. The third-order valence-electron chi connectivity index (χ3n) is 5.78. The van der Waals surface area contributed by atoms with Gasteiger partial charge in [0.15, 0.2) is 0 Å². The van der Waals surface area contributed by atoms with E-state index in [1.807, 2.05) is 12.3 Å². The number of rotatable bonds is 11. The number of H-pyrrole nitrogens is 1. The average molecular weight is 420 g/mol. The highest BCUT2D eigenvalue weighted by Crippen LogP contribution is 2.32. The summed E-state index contributed by atoms with van der Waals surface area (Å²) < 4.78 is 6.13. The van der Waals surface area contributed by atoms with Gasteiger partial charge < -0.3 is 9.84 Å². The molecule has 0 atom stereocenters. The standard InChI is InChI=1S/C25H29N3O3/c29-25(30)22-17-28(18-22)16-20-10-11-24(23(13-20)21-14-26-27-15-21)31-12-6-2-5-9-19-7-3-1-4-8-19/h1,3-4,7-8,10-11,13-15,22H,2,5-6,9,12,16-18H2,(H,26,27)(H,29,30). The molecule has 0 amide bonds. The number of hydrogen-bond acceptors (Lipinski definition) is 4. The molecule has 1 aliphatic heterocycles. The molecule has 0 radical (unpaired) electrons. The van der Waals surface area contributed by atoms with Gasteiger partial charge in [0, 0.05) is 37.0 Å². The number of aryl methyl sites for hydroxylation is 1. The Kier molecular flexibility index (Phi) is 6.99. The second-order valence-corrected chi connectivity index (χ2v) is 8.19. The maximum absolute atomic E-state index is 11.0. The Morgan fingerprint density at radius 1 is 1.10 bits per heavy atom. The zero-order valence-electron chi connectivity index (χ0n) is 17.7. The molecule has 1 saturated heterocycles. The van der Waals surface area contributed by atoms with Gasteiger partial charge in [-0.1, -0.05) is 36.4 Å².